The zero-order chi connectivity index (χ0) is 16.5. The van der Waals surface area contributed by atoms with Crippen LogP contribution in [0.3, 0.4) is 0 Å². The Balaban J connectivity index is 1.74. The van der Waals surface area contributed by atoms with Crippen LogP contribution in [0.25, 0.3) is 0 Å². The van der Waals surface area contributed by atoms with Crippen LogP contribution in [0.5, 0.6) is 5.75 Å². The van der Waals surface area contributed by atoms with Gasteiger partial charge < -0.3 is 9.64 Å². The van der Waals surface area contributed by atoms with Crippen LogP contribution >= 0.6 is 0 Å². The topological polar surface area (TPSA) is 29.5 Å². The number of nitrogens with zero attached hydrogens (tertiary/aromatic N) is 1. The van der Waals surface area contributed by atoms with Crippen LogP contribution in [0.15, 0.2) is 48.5 Å². The Labute approximate surface area is 143 Å². The van der Waals surface area contributed by atoms with Gasteiger partial charge in [-0.05, 0) is 36.1 Å². The Morgan fingerprint density at radius 3 is 2.67 bits per heavy atom. The van der Waals surface area contributed by atoms with Crippen LogP contribution in [0.2, 0.25) is 0 Å². The molecule has 2 aliphatic rings. The Hall–Kier alpha value is -2.29. The third-order valence-electron chi connectivity index (χ3n) is 5.48. The van der Waals surface area contributed by atoms with Gasteiger partial charge in [-0.3, -0.25) is 4.79 Å². The van der Waals surface area contributed by atoms with E-state index in [4.69, 9.17) is 4.74 Å². The van der Waals surface area contributed by atoms with Gasteiger partial charge in [0.05, 0.1) is 7.11 Å². The predicted molar refractivity (Wildman–Crippen MR) is 94.3 cm³/mol. The average Bonchev–Trinajstić information content (AvgIpc) is 2.65. The van der Waals surface area contributed by atoms with Crippen LogP contribution in [-0.2, 0) is 6.54 Å². The Morgan fingerprint density at radius 1 is 1.08 bits per heavy atom. The first-order valence-corrected chi connectivity index (χ1v) is 8.81. The summed E-state index contributed by atoms with van der Waals surface area (Å²) in [6.07, 6.45) is 4.74. The van der Waals surface area contributed by atoms with Crippen LogP contribution < -0.4 is 4.74 Å². The van der Waals surface area contributed by atoms with E-state index in [0.717, 1.165) is 17.7 Å². The van der Waals surface area contributed by atoms with Gasteiger partial charge in [0.15, 0.2) is 0 Å². The Kier molecular flexibility index (Phi) is 4.01. The van der Waals surface area contributed by atoms with Crippen molar-refractivity contribution in [3.8, 4) is 5.75 Å². The number of hydrogen-bond acceptors (Lipinski definition) is 2. The molecule has 0 bridgehead atoms. The summed E-state index contributed by atoms with van der Waals surface area (Å²) in [6, 6.07) is 16.6. The SMILES string of the molecule is COc1ccc2c(c1)C(=O)N(Cc1ccccc1)[C@@H]1CCCC[C@H]21. The summed E-state index contributed by atoms with van der Waals surface area (Å²) >= 11 is 0. The fraction of sp³-hybridized carbons (Fsp3) is 0.381. The lowest BCUT2D eigenvalue weighted by Crippen LogP contribution is -2.48. The molecule has 1 amide bonds. The molecule has 1 fully saturated rings. The molecule has 0 unspecified atom stereocenters. The van der Waals surface area contributed by atoms with Crippen molar-refractivity contribution >= 4 is 5.91 Å². The van der Waals surface area contributed by atoms with E-state index in [0.29, 0.717) is 18.5 Å². The second kappa shape index (κ2) is 6.31. The maximum Gasteiger partial charge on any atom is 0.254 e. The van der Waals surface area contributed by atoms with Crippen molar-refractivity contribution in [3.05, 3.63) is 65.2 Å². The molecule has 0 spiro atoms. The van der Waals surface area contributed by atoms with Gasteiger partial charge in [-0.25, -0.2) is 0 Å². The van der Waals surface area contributed by atoms with E-state index in [-0.39, 0.29) is 5.91 Å². The molecule has 24 heavy (non-hydrogen) atoms. The molecular weight excluding hydrogens is 298 g/mol. The Morgan fingerprint density at radius 2 is 1.88 bits per heavy atom. The summed E-state index contributed by atoms with van der Waals surface area (Å²) in [6.45, 7) is 0.692. The van der Waals surface area contributed by atoms with Gasteiger partial charge in [0.2, 0.25) is 0 Å². The van der Waals surface area contributed by atoms with Crippen molar-refractivity contribution < 1.29 is 9.53 Å². The van der Waals surface area contributed by atoms with Crippen LogP contribution in [0, 0.1) is 0 Å². The highest BCUT2D eigenvalue weighted by atomic mass is 16.5. The van der Waals surface area contributed by atoms with Gasteiger partial charge >= 0.3 is 0 Å². The average molecular weight is 321 g/mol. The minimum Gasteiger partial charge on any atom is -0.497 e. The molecule has 124 valence electrons. The molecule has 0 radical (unpaired) electrons. The van der Waals surface area contributed by atoms with Crippen molar-refractivity contribution in [1.82, 2.24) is 4.90 Å². The molecular formula is C21H23NO2. The van der Waals surface area contributed by atoms with Crippen molar-refractivity contribution in [3.63, 3.8) is 0 Å². The fourth-order valence-electron chi connectivity index (χ4n) is 4.29. The third kappa shape index (κ3) is 2.58. The standard InChI is InChI=1S/C21H23NO2/c1-24-16-11-12-17-18-9-5-6-10-20(18)22(21(23)19(17)13-16)14-15-7-3-2-4-8-15/h2-4,7-8,11-13,18,20H,5-6,9-10,14H2,1H3/t18-,20-/m1/s1. The molecule has 1 heterocycles. The van der Waals surface area contributed by atoms with Gasteiger partial charge in [0, 0.05) is 24.1 Å². The number of carbonyl (C=O) groups is 1. The molecule has 0 N–H and O–H groups in total. The van der Waals surface area contributed by atoms with Crippen molar-refractivity contribution in [1.29, 1.82) is 0 Å². The van der Waals surface area contributed by atoms with Crippen molar-refractivity contribution in [2.45, 2.75) is 44.2 Å². The van der Waals surface area contributed by atoms with Gasteiger partial charge in [0.1, 0.15) is 5.75 Å². The lowest BCUT2D eigenvalue weighted by Gasteiger charge is -2.45. The van der Waals surface area contributed by atoms with Gasteiger partial charge in [-0.2, -0.15) is 0 Å². The molecule has 2 aromatic rings. The van der Waals surface area contributed by atoms with Crippen molar-refractivity contribution in [2.24, 2.45) is 0 Å². The van der Waals surface area contributed by atoms with E-state index in [1.165, 1.54) is 30.4 Å². The highest BCUT2D eigenvalue weighted by Gasteiger charge is 2.40. The number of benzene rings is 2. The maximum atomic E-state index is 13.2. The van der Waals surface area contributed by atoms with E-state index in [9.17, 15) is 4.79 Å². The minimum atomic E-state index is 0.149. The van der Waals surface area contributed by atoms with E-state index >= 15 is 0 Å². The van der Waals surface area contributed by atoms with E-state index in [1.807, 2.05) is 30.3 Å². The first-order valence-electron chi connectivity index (χ1n) is 8.81. The molecule has 2 aromatic carbocycles. The smallest absolute Gasteiger partial charge is 0.254 e. The molecule has 1 aliphatic heterocycles. The number of hydrogen-bond donors (Lipinski definition) is 0. The van der Waals surface area contributed by atoms with E-state index in [2.05, 4.69) is 23.1 Å². The number of methoxy groups -OCH3 is 1. The second-order valence-corrected chi connectivity index (χ2v) is 6.83. The molecule has 0 saturated heterocycles. The minimum absolute atomic E-state index is 0.149. The first kappa shape index (κ1) is 15.3. The van der Waals surface area contributed by atoms with Crippen molar-refractivity contribution in [2.75, 3.05) is 7.11 Å². The summed E-state index contributed by atoms with van der Waals surface area (Å²) in [5, 5.41) is 0. The summed E-state index contributed by atoms with van der Waals surface area (Å²) < 4.78 is 5.35. The number of ether oxygens (including phenoxy) is 1. The zero-order valence-electron chi connectivity index (χ0n) is 14.1. The molecule has 1 aliphatic carbocycles. The largest absolute Gasteiger partial charge is 0.497 e. The number of rotatable bonds is 3. The second-order valence-electron chi connectivity index (χ2n) is 6.83. The quantitative estimate of drug-likeness (QED) is 0.840. The number of fused-ring (bicyclic) bond motifs is 3. The van der Waals surface area contributed by atoms with Gasteiger partial charge in [-0.15, -0.1) is 0 Å². The highest BCUT2D eigenvalue weighted by Crippen LogP contribution is 2.43. The van der Waals surface area contributed by atoms with Crippen LogP contribution in [-0.4, -0.2) is 24.0 Å². The number of amides is 1. The molecule has 3 heteroatoms. The molecule has 3 nitrogen and oxygen atoms in total. The lowest BCUT2D eigenvalue weighted by molar-refractivity contribution is 0.0533. The lowest BCUT2D eigenvalue weighted by atomic mass is 9.74. The third-order valence-corrected chi connectivity index (χ3v) is 5.48. The molecule has 4 rings (SSSR count). The first-order chi connectivity index (χ1) is 11.8. The molecule has 2 atom stereocenters. The Bertz CT molecular complexity index is 741. The van der Waals surface area contributed by atoms with Gasteiger partial charge in [0.25, 0.3) is 5.91 Å². The predicted octanol–water partition coefficient (Wildman–Crippen LogP) is 4.38. The van der Waals surface area contributed by atoms with Gasteiger partial charge in [-0.1, -0.05) is 49.2 Å². The summed E-state index contributed by atoms with van der Waals surface area (Å²) in [4.78, 5) is 15.3. The van der Waals surface area contributed by atoms with E-state index in [1.54, 1.807) is 7.11 Å². The van der Waals surface area contributed by atoms with E-state index < -0.39 is 0 Å². The summed E-state index contributed by atoms with van der Waals surface area (Å²) in [5.41, 5.74) is 3.24. The van der Waals surface area contributed by atoms with Crippen LogP contribution in [0.1, 0.15) is 53.1 Å². The summed E-state index contributed by atoms with van der Waals surface area (Å²) in [5.74, 6) is 1.37. The fourth-order valence-corrected chi connectivity index (χ4v) is 4.29. The highest BCUT2D eigenvalue weighted by molar-refractivity contribution is 5.98. The normalized spacial score (nSPS) is 22.7. The monoisotopic (exact) mass is 321 g/mol. The zero-order valence-corrected chi connectivity index (χ0v) is 14.1. The maximum absolute atomic E-state index is 13.2. The number of carbonyl (C=O) groups excluding carboxylic acids is 1. The summed E-state index contributed by atoms with van der Waals surface area (Å²) in [7, 11) is 1.65. The molecule has 0 aromatic heterocycles. The molecule has 1 saturated carbocycles. The van der Waals surface area contributed by atoms with Crippen LogP contribution in [0.4, 0.5) is 0 Å².